The van der Waals surface area contributed by atoms with Crippen LogP contribution in [-0.4, -0.2) is 46.8 Å². The second-order valence-electron chi connectivity index (χ2n) is 3.60. The van der Waals surface area contributed by atoms with Gasteiger partial charge in [-0.25, -0.2) is 9.97 Å². The second kappa shape index (κ2) is 4.89. The predicted molar refractivity (Wildman–Crippen MR) is 56.2 cm³/mol. The van der Waals surface area contributed by atoms with Crippen LogP contribution >= 0.6 is 0 Å². The third-order valence-electron chi connectivity index (χ3n) is 2.43. The van der Waals surface area contributed by atoms with Crippen LogP contribution in [0.4, 0.5) is 5.82 Å². The quantitative estimate of drug-likeness (QED) is 0.786. The largest absolute Gasteiger partial charge is 0.481 e. The lowest BCUT2D eigenvalue weighted by Crippen LogP contribution is -2.43. The molecule has 86 valence electrons. The standard InChI is InChI=1S/C10H13N3O3/c14-10(15)5-8-6-13(3-4-16-8)9-1-2-11-7-12-9/h1-2,7-8H,3-6H2,(H,14,15). The molecule has 1 unspecified atom stereocenters. The van der Waals surface area contributed by atoms with Gasteiger partial charge in [0, 0.05) is 19.3 Å². The molecule has 1 fully saturated rings. The number of carboxylic acids is 1. The first-order valence-electron chi connectivity index (χ1n) is 5.10. The maximum absolute atomic E-state index is 10.6. The van der Waals surface area contributed by atoms with Crippen LogP contribution in [0, 0.1) is 0 Å². The van der Waals surface area contributed by atoms with Crippen molar-refractivity contribution in [1.82, 2.24) is 9.97 Å². The van der Waals surface area contributed by atoms with E-state index < -0.39 is 5.97 Å². The van der Waals surface area contributed by atoms with Crippen molar-refractivity contribution in [2.24, 2.45) is 0 Å². The number of rotatable bonds is 3. The molecule has 0 radical (unpaired) electrons. The van der Waals surface area contributed by atoms with Crippen molar-refractivity contribution < 1.29 is 14.6 Å². The minimum atomic E-state index is -0.838. The summed E-state index contributed by atoms with van der Waals surface area (Å²) in [6.45, 7) is 1.82. The predicted octanol–water partition coefficient (Wildman–Crippen LogP) is 0.157. The fraction of sp³-hybridized carbons (Fsp3) is 0.500. The molecule has 0 spiro atoms. The lowest BCUT2D eigenvalue weighted by molar-refractivity contribution is -0.140. The van der Waals surface area contributed by atoms with Gasteiger partial charge in [0.25, 0.3) is 0 Å². The monoisotopic (exact) mass is 223 g/mol. The van der Waals surface area contributed by atoms with Crippen LogP contribution in [0.15, 0.2) is 18.6 Å². The average molecular weight is 223 g/mol. The van der Waals surface area contributed by atoms with E-state index in [2.05, 4.69) is 9.97 Å². The van der Waals surface area contributed by atoms with E-state index in [1.807, 2.05) is 11.0 Å². The average Bonchev–Trinajstić information content (AvgIpc) is 2.30. The fourth-order valence-electron chi connectivity index (χ4n) is 1.72. The molecule has 1 aromatic rings. The zero-order valence-corrected chi connectivity index (χ0v) is 8.74. The second-order valence-corrected chi connectivity index (χ2v) is 3.60. The van der Waals surface area contributed by atoms with Gasteiger partial charge >= 0.3 is 5.97 Å². The third kappa shape index (κ3) is 2.66. The summed E-state index contributed by atoms with van der Waals surface area (Å²) in [4.78, 5) is 20.6. The van der Waals surface area contributed by atoms with Gasteiger partial charge in [-0.05, 0) is 6.07 Å². The highest BCUT2D eigenvalue weighted by atomic mass is 16.5. The fourth-order valence-corrected chi connectivity index (χ4v) is 1.72. The zero-order chi connectivity index (χ0) is 11.4. The molecule has 1 aromatic heterocycles. The normalized spacial score (nSPS) is 20.8. The molecule has 0 amide bonds. The molecule has 6 nitrogen and oxygen atoms in total. The third-order valence-corrected chi connectivity index (χ3v) is 2.43. The number of aliphatic carboxylic acids is 1. The smallest absolute Gasteiger partial charge is 0.306 e. The summed E-state index contributed by atoms with van der Waals surface area (Å²) in [5.74, 6) is -0.0248. The highest BCUT2D eigenvalue weighted by Crippen LogP contribution is 2.15. The molecule has 2 rings (SSSR count). The molecule has 0 saturated carbocycles. The molecule has 0 bridgehead atoms. The first-order valence-corrected chi connectivity index (χ1v) is 5.10. The Hall–Kier alpha value is -1.69. The highest BCUT2D eigenvalue weighted by Gasteiger charge is 2.23. The lowest BCUT2D eigenvalue weighted by Gasteiger charge is -2.32. The topological polar surface area (TPSA) is 75.5 Å². The summed E-state index contributed by atoms with van der Waals surface area (Å²) < 4.78 is 5.37. The van der Waals surface area contributed by atoms with Crippen LogP contribution in [-0.2, 0) is 9.53 Å². The first-order chi connectivity index (χ1) is 7.75. The summed E-state index contributed by atoms with van der Waals surface area (Å²) in [6, 6.07) is 1.81. The van der Waals surface area contributed by atoms with Gasteiger partial charge in [0.1, 0.15) is 12.1 Å². The minimum Gasteiger partial charge on any atom is -0.481 e. The summed E-state index contributed by atoms with van der Waals surface area (Å²) in [5, 5.41) is 8.70. The van der Waals surface area contributed by atoms with Gasteiger partial charge in [0.15, 0.2) is 0 Å². The number of aromatic nitrogens is 2. The molecule has 0 aliphatic carbocycles. The Morgan fingerprint density at radius 1 is 1.69 bits per heavy atom. The molecule has 1 aliphatic rings. The molecule has 16 heavy (non-hydrogen) atoms. The van der Waals surface area contributed by atoms with Crippen LogP contribution in [0.2, 0.25) is 0 Å². The molecule has 2 heterocycles. The van der Waals surface area contributed by atoms with Crippen LogP contribution < -0.4 is 4.90 Å². The Morgan fingerprint density at radius 3 is 3.25 bits per heavy atom. The maximum atomic E-state index is 10.6. The van der Waals surface area contributed by atoms with Gasteiger partial charge in [-0.15, -0.1) is 0 Å². The van der Waals surface area contributed by atoms with Crippen molar-refractivity contribution in [3.8, 4) is 0 Å². The Bertz CT molecular complexity index is 358. The number of carbonyl (C=O) groups is 1. The summed E-state index contributed by atoms with van der Waals surface area (Å²) in [5.41, 5.74) is 0. The molecular weight excluding hydrogens is 210 g/mol. The van der Waals surface area contributed by atoms with Crippen LogP contribution in [0.1, 0.15) is 6.42 Å². The van der Waals surface area contributed by atoms with Crippen LogP contribution in [0.3, 0.4) is 0 Å². The van der Waals surface area contributed by atoms with Crippen molar-refractivity contribution in [3.63, 3.8) is 0 Å². The molecule has 1 atom stereocenters. The minimum absolute atomic E-state index is 0.0293. The number of carboxylic acid groups (broad SMARTS) is 1. The van der Waals surface area contributed by atoms with E-state index in [0.29, 0.717) is 13.2 Å². The molecular formula is C10H13N3O3. The van der Waals surface area contributed by atoms with Gasteiger partial charge in [0.2, 0.25) is 0 Å². The molecule has 1 saturated heterocycles. The van der Waals surface area contributed by atoms with Crippen molar-refractivity contribution in [3.05, 3.63) is 18.6 Å². The van der Waals surface area contributed by atoms with Gasteiger partial charge < -0.3 is 14.7 Å². The van der Waals surface area contributed by atoms with Crippen molar-refractivity contribution in [2.45, 2.75) is 12.5 Å². The van der Waals surface area contributed by atoms with Crippen molar-refractivity contribution in [1.29, 1.82) is 0 Å². The van der Waals surface area contributed by atoms with Gasteiger partial charge in [0.05, 0.1) is 19.1 Å². The van der Waals surface area contributed by atoms with Crippen LogP contribution in [0.25, 0.3) is 0 Å². The van der Waals surface area contributed by atoms with E-state index in [1.165, 1.54) is 6.33 Å². The Morgan fingerprint density at radius 2 is 2.56 bits per heavy atom. The molecule has 1 N–H and O–H groups in total. The molecule has 6 heteroatoms. The maximum Gasteiger partial charge on any atom is 0.306 e. The van der Waals surface area contributed by atoms with E-state index in [4.69, 9.17) is 9.84 Å². The first kappa shape index (κ1) is 10.8. The van der Waals surface area contributed by atoms with E-state index in [-0.39, 0.29) is 12.5 Å². The lowest BCUT2D eigenvalue weighted by atomic mass is 10.2. The number of hydrogen-bond donors (Lipinski definition) is 1. The van der Waals surface area contributed by atoms with E-state index in [0.717, 1.165) is 12.4 Å². The van der Waals surface area contributed by atoms with Crippen molar-refractivity contribution >= 4 is 11.8 Å². The van der Waals surface area contributed by atoms with Gasteiger partial charge in [-0.1, -0.05) is 0 Å². The SMILES string of the molecule is O=C(O)CC1CN(c2ccncn2)CCO1. The number of nitrogens with zero attached hydrogens (tertiary/aromatic N) is 3. The van der Waals surface area contributed by atoms with Gasteiger partial charge in [-0.3, -0.25) is 4.79 Å². The van der Waals surface area contributed by atoms with Gasteiger partial charge in [-0.2, -0.15) is 0 Å². The van der Waals surface area contributed by atoms with Crippen molar-refractivity contribution in [2.75, 3.05) is 24.6 Å². The Labute approximate surface area is 92.9 Å². The molecule has 1 aliphatic heterocycles. The van der Waals surface area contributed by atoms with E-state index >= 15 is 0 Å². The zero-order valence-electron chi connectivity index (χ0n) is 8.74. The number of hydrogen-bond acceptors (Lipinski definition) is 5. The number of ether oxygens (including phenoxy) is 1. The van der Waals surface area contributed by atoms with Crippen LogP contribution in [0.5, 0.6) is 0 Å². The summed E-state index contributed by atoms with van der Waals surface area (Å²) >= 11 is 0. The highest BCUT2D eigenvalue weighted by molar-refractivity contribution is 5.67. The summed E-state index contributed by atoms with van der Waals surface area (Å²) in [6.07, 6.45) is 2.92. The summed E-state index contributed by atoms with van der Waals surface area (Å²) in [7, 11) is 0. The van der Waals surface area contributed by atoms with E-state index in [1.54, 1.807) is 6.20 Å². The number of anilines is 1. The molecule has 0 aromatic carbocycles. The Kier molecular flexibility index (Phi) is 3.31. The van der Waals surface area contributed by atoms with E-state index in [9.17, 15) is 4.79 Å². The number of morpholine rings is 1. The Balaban J connectivity index is 1.99.